The first kappa shape index (κ1) is 13.2. The minimum absolute atomic E-state index is 0.577. The highest BCUT2D eigenvalue weighted by atomic mass is 16.5. The van der Waals surface area contributed by atoms with Crippen LogP contribution in [0, 0.1) is 5.92 Å². The van der Waals surface area contributed by atoms with Crippen molar-refractivity contribution in [2.24, 2.45) is 5.92 Å². The van der Waals surface area contributed by atoms with Crippen molar-refractivity contribution in [1.29, 1.82) is 0 Å². The summed E-state index contributed by atoms with van der Waals surface area (Å²) in [6.07, 6.45) is 6.56. The molecule has 3 heteroatoms. The molecule has 1 aromatic rings. The maximum Gasteiger partial charge on any atom is 0.215 e. The predicted molar refractivity (Wildman–Crippen MR) is 75.1 cm³/mol. The number of aromatic nitrogens is 1. The van der Waals surface area contributed by atoms with Crippen LogP contribution in [-0.2, 0) is 0 Å². The maximum absolute atomic E-state index is 5.43. The van der Waals surface area contributed by atoms with Crippen molar-refractivity contribution >= 4 is 5.82 Å². The summed E-state index contributed by atoms with van der Waals surface area (Å²) in [6, 6.07) is 6.51. The van der Waals surface area contributed by atoms with Gasteiger partial charge in [-0.15, -0.1) is 0 Å². The second kappa shape index (κ2) is 6.62. The van der Waals surface area contributed by atoms with Gasteiger partial charge in [0.1, 0.15) is 5.82 Å². The van der Waals surface area contributed by atoms with Gasteiger partial charge < -0.3 is 10.1 Å². The third-order valence-electron chi connectivity index (χ3n) is 3.73. The second-order valence-electron chi connectivity index (χ2n) is 5.08. The van der Waals surface area contributed by atoms with Gasteiger partial charge in [-0.2, -0.15) is 4.98 Å². The summed E-state index contributed by atoms with van der Waals surface area (Å²) in [6.45, 7) is 4.94. The van der Waals surface area contributed by atoms with Gasteiger partial charge in [-0.05, 0) is 31.7 Å². The Labute approximate surface area is 110 Å². The van der Waals surface area contributed by atoms with Crippen LogP contribution in [0.4, 0.5) is 5.82 Å². The molecule has 2 unspecified atom stereocenters. The van der Waals surface area contributed by atoms with E-state index in [2.05, 4.69) is 17.2 Å². The third kappa shape index (κ3) is 3.62. The van der Waals surface area contributed by atoms with Gasteiger partial charge in [0.2, 0.25) is 5.88 Å². The van der Waals surface area contributed by atoms with E-state index in [1.54, 1.807) is 0 Å². The molecular weight excluding hydrogens is 224 g/mol. The van der Waals surface area contributed by atoms with Crippen LogP contribution in [0.3, 0.4) is 0 Å². The van der Waals surface area contributed by atoms with Gasteiger partial charge in [0.15, 0.2) is 0 Å². The fourth-order valence-corrected chi connectivity index (χ4v) is 2.73. The zero-order chi connectivity index (χ0) is 12.8. The molecule has 1 aliphatic carbocycles. The Morgan fingerprint density at radius 2 is 2.22 bits per heavy atom. The molecule has 1 aromatic heterocycles. The van der Waals surface area contributed by atoms with Crippen molar-refractivity contribution in [1.82, 2.24) is 4.98 Å². The summed E-state index contributed by atoms with van der Waals surface area (Å²) in [7, 11) is 0. The first-order chi connectivity index (χ1) is 8.81. The molecule has 0 bridgehead atoms. The monoisotopic (exact) mass is 248 g/mol. The molecule has 0 amide bonds. The lowest BCUT2D eigenvalue weighted by Crippen LogP contribution is -2.27. The quantitative estimate of drug-likeness (QED) is 0.859. The van der Waals surface area contributed by atoms with Gasteiger partial charge >= 0.3 is 0 Å². The first-order valence-electron chi connectivity index (χ1n) is 7.18. The average molecular weight is 248 g/mol. The van der Waals surface area contributed by atoms with Crippen molar-refractivity contribution in [2.75, 3.05) is 11.9 Å². The molecule has 0 aromatic carbocycles. The van der Waals surface area contributed by atoms with Crippen molar-refractivity contribution in [3.63, 3.8) is 0 Å². The fraction of sp³-hybridized carbons (Fsp3) is 0.667. The molecule has 0 saturated heterocycles. The standard InChI is InChI=1S/C15H24N2O/c1-3-12-7-5-8-13(11-12)16-14-9-6-10-15(17-14)18-4-2/h6,9-10,12-13H,3-5,7-8,11H2,1-2H3,(H,16,17). The minimum Gasteiger partial charge on any atom is -0.478 e. The Hall–Kier alpha value is -1.25. The largest absolute Gasteiger partial charge is 0.478 e. The van der Waals surface area contributed by atoms with E-state index < -0.39 is 0 Å². The number of ether oxygens (including phenoxy) is 1. The molecule has 1 heterocycles. The number of pyridine rings is 1. The number of hydrogen-bond acceptors (Lipinski definition) is 3. The van der Waals surface area contributed by atoms with Crippen LogP contribution in [0.15, 0.2) is 18.2 Å². The highest BCUT2D eigenvalue weighted by Crippen LogP contribution is 2.28. The third-order valence-corrected chi connectivity index (χ3v) is 3.73. The van der Waals surface area contributed by atoms with Gasteiger partial charge in [0.05, 0.1) is 6.61 Å². The van der Waals surface area contributed by atoms with Crippen molar-refractivity contribution in [3.05, 3.63) is 18.2 Å². The van der Waals surface area contributed by atoms with E-state index in [0.717, 1.165) is 11.7 Å². The van der Waals surface area contributed by atoms with Crippen molar-refractivity contribution in [2.45, 2.75) is 52.0 Å². The number of nitrogens with one attached hydrogen (secondary N) is 1. The normalized spacial score (nSPS) is 23.7. The zero-order valence-corrected chi connectivity index (χ0v) is 11.5. The van der Waals surface area contributed by atoms with Gasteiger partial charge in [-0.3, -0.25) is 0 Å². The predicted octanol–water partition coefficient (Wildman–Crippen LogP) is 3.86. The molecule has 100 valence electrons. The topological polar surface area (TPSA) is 34.1 Å². The lowest BCUT2D eigenvalue weighted by molar-refractivity contribution is 0.322. The van der Waals surface area contributed by atoms with Crippen LogP contribution in [0.25, 0.3) is 0 Å². The highest BCUT2D eigenvalue weighted by Gasteiger charge is 2.20. The summed E-state index contributed by atoms with van der Waals surface area (Å²) in [4.78, 5) is 4.47. The Kier molecular flexibility index (Phi) is 4.85. The summed E-state index contributed by atoms with van der Waals surface area (Å²) in [5, 5.41) is 3.55. The van der Waals surface area contributed by atoms with Gasteiger partial charge in [0, 0.05) is 12.1 Å². The van der Waals surface area contributed by atoms with Crippen LogP contribution < -0.4 is 10.1 Å². The molecule has 0 spiro atoms. The minimum atomic E-state index is 0.577. The summed E-state index contributed by atoms with van der Waals surface area (Å²) >= 11 is 0. The van der Waals surface area contributed by atoms with Gasteiger partial charge in [0.25, 0.3) is 0 Å². The molecule has 1 fully saturated rings. The molecule has 0 radical (unpaired) electrons. The van der Waals surface area contributed by atoms with E-state index in [-0.39, 0.29) is 0 Å². The fourth-order valence-electron chi connectivity index (χ4n) is 2.73. The first-order valence-corrected chi connectivity index (χ1v) is 7.18. The lowest BCUT2D eigenvalue weighted by atomic mass is 9.84. The smallest absolute Gasteiger partial charge is 0.215 e. The Bertz CT molecular complexity index is 367. The number of hydrogen-bond donors (Lipinski definition) is 1. The molecular formula is C15H24N2O. The Morgan fingerprint density at radius 1 is 1.33 bits per heavy atom. The van der Waals surface area contributed by atoms with E-state index in [1.807, 2.05) is 25.1 Å². The van der Waals surface area contributed by atoms with Crippen LogP contribution in [0.1, 0.15) is 46.0 Å². The summed E-state index contributed by atoms with van der Waals surface area (Å²) < 4.78 is 5.43. The zero-order valence-electron chi connectivity index (χ0n) is 11.5. The average Bonchev–Trinajstić information content (AvgIpc) is 2.40. The van der Waals surface area contributed by atoms with Crippen LogP contribution in [0.5, 0.6) is 5.88 Å². The molecule has 2 rings (SSSR count). The van der Waals surface area contributed by atoms with E-state index >= 15 is 0 Å². The molecule has 18 heavy (non-hydrogen) atoms. The molecule has 0 aliphatic heterocycles. The van der Waals surface area contributed by atoms with Crippen molar-refractivity contribution < 1.29 is 4.74 Å². The number of nitrogens with zero attached hydrogens (tertiary/aromatic N) is 1. The lowest BCUT2D eigenvalue weighted by Gasteiger charge is -2.29. The van der Waals surface area contributed by atoms with Gasteiger partial charge in [-0.25, -0.2) is 0 Å². The second-order valence-corrected chi connectivity index (χ2v) is 5.08. The number of rotatable bonds is 5. The van der Waals surface area contributed by atoms with E-state index in [0.29, 0.717) is 18.5 Å². The Morgan fingerprint density at radius 3 is 3.00 bits per heavy atom. The van der Waals surface area contributed by atoms with Crippen LogP contribution in [-0.4, -0.2) is 17.6 Å². The Balaban J connectivity index is 1.93. The van der Waals surface area contributed by atoms with Crippen LogP contribution >= 0.6 is 0 Å². The molecule has 1 aliphatic rings. The summed E-state index contributed by atoms with van der Waals surface area (Å²) in [5.41, 5.74) is 0. The molecule has 1 saturated carbocycles. The van der Waals surface area contributed by atoms with Crippen molar-refractivity contribution in [3.8, 4) is 5.88 Å². The molecule has 2 atom stereocenters. The number of anilines is 1. The van der Waals surface area contributed by atoms with E-state index in [9.17, 15) is 0 Å². The maximum atomic E-state index is 5.43. The van der Waals surface area contributed by atoms with Gasteiger partial charge in [-0.1, -0.05) is 32.3 Å². The van der Waals surface area contributed by atoms with E-state index in [4.69, 9.17) is 4.74 Å². The molecule has 1 N–H and O–H groups in total. The van der Waals surface area contributed by atoms with Crippen LogP contribution in [0.2, 0.25) is 0 Å². The highest BCUT2D eigenvalue weighted by molar-refractivity contribution is 5.38. The van der Waals surface area contributed by atoms with E-state index in [1.165, 1.54) is 32.1 Å². The SMILES string of the molecule is CCOc1cccc(NC2CCCC(CC)C2)n1. The molecule has 3 nitrogen and oxygen atoms in total. The summed E-state index contributed by atoms with van der Waals surface area (Å²) in [5.74, 6) is 2.54.